The Balaban J connectivity index is 2.41. The van der Waals surface area contributed by atoms with E-state index >= 15 is 0 Å². The maximum absolute atomic E-state index is 11.7. The van der Waals surface area contributed by atoms with Crippen LogP contribution in [0.15, 0.2) is 23.4 Å². The number of aromatic amines is 1. The van der Waals surface area contributed by atoms with E-state index in [4.69, 9.17) is 0 Å². The number of rotatable bonds is 4. The van der Waals surface area contributed by atoms with Gasteiger partial charge in [0.25, 0.3) is 5.56 Å². The molecule has 0 fully saturated rings. The summed E-state index contributed by atoms with van der Waals surface area (Å²) in [7, 11) is 0. The van der Waals surface area contributed by atoms with E-state index < -0.39 is 0 Å². The number of unbranched alkanes of at least 4 members (excludes halogenated alkanes) is 1. The molecule has 2 rings (SSSR count). The number of nitrogens with one attached hydrogen (secondary N) is 2. The second-order valence-corrected chi connectivity index (χ2v) is 3.57. The number of nitrogens with zero attached hydrogens (tertiary/aromatic N) is 2. The number of pyridine rings is 1. The van der Waals surface area contributed by atoms with Crippen LogP contribution in [-0.2, 0) is 0 Å². The summed E-state index contributed by atoms with van der Waals surface area (Å²) in [6.07, 6.45) is 5.21. The van der Waals surface area contributed by atoms with Crippen LogP contribution in [0, 0.1) is 0 Å². The van der Waals surface area contributed by atoms with Crippen LogP contribution in [0.1, 0.15) is 19.8 Å². The highest BCUT2D eigenvalue weighted by Gasteiger charge is 2.05. The summed E-state index contributed by atoms with van der Waals surface area (Å²) < 4.78 is 0. The fourth-order valence-corrected chi connectivity index (χ4v) is 1.54. The van der Waals surface area contributed by atoms with Gasteiger partial charge < -0.3 is 10.3 Å². The van der Waals surface area contributed by atoms with Crippen LogP contribution >= 0.6 is 0 Å². The molecular formula is C11H14N4O. The minimum absolute atomic E-state index is 0.155. The van der Waals surface area contributed by atoms with Gasteiger partial charge in [-0.1, -0.05) is 13.3 Å². The molecule has 0 bridgehead atoms. The summed E-state index contributed by atoms with van der Waals surface area (Å²) in [5, 5.41) is 3.69. The molecule has 0 saturated heterocycles. The van der Waals surface area contributed by atoms with Gasteiger partial charge in [-0.3, -0.25) is 4.79 Å². The molecule has 2 N–H and O–H groups in total. The average Bonchev–Trinajstić information content (AvgIpc) is 2.30. The lowest BCUT2D eigenvalue weighted by molar-refractivity contribution is 0.831. The minimum Gasteiger partial charge on any atom is -0.369 e. The Bertz CT molecular complexity index is 529. The number of anilines is 1. The van der Waals surface area contributed by atoms with Gasteiger partial charge in [-0.15, -0.1) is 0 Å². The molecule has 0 radical (unpaired) electrons. The number of hydrogen-bond acceptors (Lipinski definition) is 4. The molecule has 2 aromatic rings. The molecule has 0 spiro atoms. The fourth-order valence-electron chi connectivity index (χ4n) is 1.54. The van der Waals surface area contributed by atoms with Crippen LogP contribution in [0.25, 0.3) is 10.9 Å². The fraction of sp³-hybridized carbons (Fsp3) is 0.364. The molecule has 0 saturated carbocycles. The number of hydrogen-bond donors (Lipinski definition) is 2. The van der Waals surface area contributed by atoms with Gasteiger partial charge in [0.1, 0.15) is 17.5 Å². The predicted octanol–water partition coefficient (Wildman–Crippen LogP) is 1.53. The summed E-state index contributed by atoms with van der Waals surface area (Å²) in [5.41, 5.74) is 0.509. The van der Waals surface area contributed by atoms with Crippen LogP contribution in [0.2, 0.25) is 0 Å². The monoisotopic (exact) mass is 218 g/mol. The zero-order valence-electron chi connectivity index (χ0n) is 9.16. The average molecular weight is 218 g/mol. The molecular weight excluding hydrogens is 204 g/mol. The summed E-state index contributed by atoms with van der Waals surface area (Å²) in [4.78, 5) is 22.4. The van der Waals surface area contributed by atoms with Crippen molar-refractivity contribution in [1.29, 1.82) is 0 Å². The first-order chi connectivity index (χ1) is 7.83. The van der Waals surface area contributed by atoms with Crippen molar-refractivity contribution in [2.24, 2.45) is 0 Å². The number of H-pyrrole nitrogens is 1. The highest BCUT2D eigenvalue weighted by atomic mass is 16.1. The van der Waals surface area contributed by atoms with E-state index in [9.17, 15) is 4.79 Å². The van der Waals surface area contributed by atoms with Crippen molar-refractivity contribution in [2.75, 3.05) is 11.9 Å². The van der Waals surface area contributed by atoms with E-state index in [0.717, 1.165) is 19.4 Å². The van der Waals surface area contributed by atoms with Crippen molar-refractivity contribution in [2.45, 2.75) is 19.8 Å². The third-order valence-electron chi connectivity index (χ3n) is 2.38. The molecule has 0 aliphatic carbocycles. The van der Waals surface area contributed by atoms with Crippen LogP contribution in [0.3, 0.4) is 0 Å². The molecule has 0 atom stereocenters. The van der Waals surface area contributed by atoms with Crippen molar-refractivity contribution in [3.63, 3.8) is 0 Å². The standard InChI is InChI=1S/C11H14N4O/c1-2-3-5-12-10-9-8(14-7-15-10)4-6-13-11(9)16/h4,6-7H,2-3,5H2,1H3,(H,13,16)(H,12,14,15). The predicted molar refractivity (Wildman–Crippen MR) is 63.6 cm³/mol. The molecule has 5 heteroatoms. The third-order valence-corrected chi connectivity index (χ3v) is 2.38. The topological polar surface area (TPSA) is 70.7 Å². The number of aromatic nitrogens is 3. The third kappa shape index (κ3) is 2.03. The van der Waals surface area contributed by atoms with E-state index in [-0.39, 0.29) is 5.56 Å². The molecule has 0 aliphatic rings. The van der Waals surface area contributed by atoms with E-state index in [1.54, 1.807) is 12.3 Å². The summed E-state index contributed by atoms with van der Waals surface area (Å²) in [5.74, 6) is 0.611. The first-order valence-corrected chi connectivity index (χ1v) is 5.39. The van der Waals surface area contributed by atoms with Crippen LogP contribution < -0.4 is 10.9 Å². The van der Waals surface area contributed by atoms with E-state index in [2.05, 4.69) is 27.2 Å². The van der Waals surface area contributed by atoms with Gasteiger partial charge in [-0.05, 0) is 12.5 Å². The maximum atomic E-state index is 11.7. The Morgan fingerprint density at radius 3 is 3.12 bits per heavy atom. The van der Waals surface area contributed by atoms with Crippen LogP contribution in [0.4, 0.5) is 5.82 Å². The molecule has 16 heavy (non-hydrogen) atoms. The van der Waals surface area contributed by atoms with Gasteiger partial charge >= 0.3 is 0 Å². The molecule has 0 amide bonds. The van der Waals surface area contributed by atoms with Crippen molar-refractivity contribution in [3.05, 3.63) is 28.9 Å². The van der Waals surface area contributed by atoms with Crippen LogP contribution in [-0.4, -0.2) is 21.5 Å². The SMILES string of the molecule is CCCCNc1ncnc2cc[nH]c(=O)c12. The summed E-state index contributed by atoms with van der Waals surface area (Å²) >= 11 is 0. The van der Waals surface area contributed by atoms with Gasteiger partial charge in [-0.2, -0.15) is 0 Å². The van der Waals surface area contributed by atoms with Gasteiger partial charge in [-0.25, -0.2) is 9.97 Å². The molecule has 0 aromatic carbocycles. The quantitative estimate of drug-likeness (QED) is 0.763. The van der Waals surface area contributed by atoms with Crippen molar-refractivity contribution in [3.8, 4) is 0 Å². The molecule has 0 unspecified atom stereocenters. The lowest BCUT2D eigenvalue weighted by atomic mass is 10.3. The normalized spacial score (nSPS) is 10.6. The Kier molecular flexibility index (Phi) is 3.14. The highest BCUT2D eigenvalue weighted by Crippen LogP contribution is 2.13. The van der Waals surface area contributed by atoms with Gasteiger partial charge in [0, 0.05) is 12.7 Å². The Morgan fingerprint density at radius 1 is 1.44 bits per heavy atom. The number of fused-ring (bicyclic) bond motifs is 1. The van der Waals surface area contributed by atoms with Gasteiger partial charge in [0.15, 0.2) is 0 Å². The second kappa shape index (κ2) is 4.74. The summed E-state index contributed by atoms with van der Waals surface area (Å²) in [6.45, 7) is 2.93. The zero-order chi connectivity index (χ0) is 11.4. The molecule has 5 nitrogen and oxygen atoms in total. The van der Waals surface area contributed by atoms with Gasteiger partial charge in [0.2, 0.25) is 0 Å². The first-order valence-electron chi connectivity index (χ1n) is 5.39. The van der Waals surface area contributed by atoms with Crippen LogP contribution in [0.5, 0.6) is 0 Å². The van der Waals surface area contributed by atoms with Gasteiger partial charge in [0.05, 0.1) is 5.52 Å². The van der Waals surface area contributed by atoms with Crippen molar-refractivity contribution >= 4 is 16.7 Å². The van der Waals surface area contributed by atoms with E-state index in [1.165, 1.54) is 6.33 Å². The van der Waals surface area contributed by atoms with E-state index in [0.29, 0.717) is 16.7 Å². The Hall–Kier alpha value is -1.91. The molecule has 2 heterocycles. The molecule has 0 aliphatic heterocycles. The second-order valence-electron chi connectivity index (χ2n) is 3.57. The smallest absolute Gasteiger partial charge is 0.261 e. The van der Waals surface area contributed by atoms with Crippen molar-refractivity contribution < 1.29 is 0 Å². The zero-order valence-corrected chi connectivity index (χ0v) is 9.16. The maximum Gasteiger partial charge on any atom is 0.261 e. The Labute approximate surface area is 92.9 Å². The Morgan fingerprint density at radius 2 is 2.31 bits per heavy atom. The first kappa shape index (κ1) is 10.6. The summed E-state index contributed by atoms with van der Waals surface area (Å²) in [6, 6.07) is 1.77. The lowest BCUT2D eigenvalue weighted by Gasteiger charge is -2.06. The highest BCUT2D eigenvalue weighted by molar-refractivity contribution is 5.87. The molecule has 84 valence electrons. The lowest BCUT2D eigenvalue weighted by Crippen LogP contribution is -2.11. The molecule has 2 aromatic heterocycles. The minimum atomic E-state index is -0.155. The largest absolute Gasteiger partial charge is 0.369 e. The van der Waals surface area contributed by atoms with Crippen molar-refractivity contribution in [1.82, 2.24) is 15.0 Å². The van der Waals surface area contributed by atoms with E-state index in [1.807, 2.05) is 0 Å².